The van der Waals surface area contributed by atoms with Crippen molar-refractivity contribution in [3.8, 4) is 22.3 Å². The van der Waals surface area contributed by atoms with E-state index in [-0.39, 0.29) is 5.41 Å². The van der Waals surface area contributed by atoms with Crippen molar-refractivity contribution in [1.29, 1.82) is 0 Å². The van der Waals surface area contributed by atoms with Gasteiger partial charge in [-0.3, -0.25) is 0 Å². The van der Waals surface area contributed by atoms with Crippen LogP contribution in [0.4, 0.5) is 0 Å². The Morgan fingerprint density at radius 3 is 1.35 bits per heavy atom. The van der Waals surface area contributed by atoms with E-state index in [1.54, 1.807) is 22.3 Å². The fourth-order valence-corrected chi connectivity index (χ4v) is 26.4. The number of allylic oxidation sites excluding steroid dienone is 2. The molecule has 0 bridgehead atoms. The van der Waals surface area contributed by atoms with E-state index in [0.717, 1.165) is 0 Å². The normalized spacial score (nSPS) is 22.0. The molecule has 2 fully saturated rings. The van der Waals surface area contributed by atoms with Crippen LogP contribution in [0.5, 0.6) is 0 Å². The van der Waals surface area contributed by atoms with Crippen molar-refractivity contribution in [3.05, 3.63) is 129 Å². The molecule has 3 aliphatic carbocycles. The van der Waals surface area contributed by atoms with Crippen LogP contribution in [0.2, 0.25) is 9.36 Å². The van der Waals surface area contributed by atoms with Gasteiger partial charge in [0.1, 0.15) is 0 Å². The van der Waals surface area contributed by atoms with Crippen molar-refractivity contribution in [1.82, 2.24) is 0 Å². The molecular formula is C42H44Hf. The number of rotatable bonds is 4. The van der Waals surface area contributed by atoms with Crippen molar-refractivity contribution in [3.63, 3.8) is 0 Å². The van der Waals surface area contributed by atoms with Gasteiger partial charge in [-0.1, -0.05) is 0 Å². The molecule has 4 aromatic rings. The van der Waals surface area contributed by atoms with Gasteiger partial charge in [-0.05, 0) is 0 Å². The Labute approximate surface area is 263 Å². The molecule has 0 aromatic heterocycles. The van der Waals surface area contributed by atoms with E-state index in [0.29, 0.717) is 19.2 Å². The van der Waals surface area contributed by atoms with E-state index < -0.39 is 20.0 Å². The maximum atomic E-state index is 2.79. The molecule has 2 atom stereocenters. The zero-order valence-electron chi connectivity index (χ0n) is 26.7. The molecule has 0 nitrogen and oxygen atoms in total. The van der Waals surface area contributed by atoms with Crippen LogP contribution in [0.15, 0.2) is 96.1 Å². The van der Waals surface area contributed by atoms with Crippen molar-refractivity contribution in [2.24, 2.45) is 5.41 Å². The van der Waals surface area contributed by atoms with Crippen LogP contribution in [-0.4, -0.2) is 0 Å². The first-order valence-corrected chi connectivity index (χ1v) is 27.9. The summed E-state index contributed by atoms with van der Waals surface area (Å²) in [7, 11) is 0. The molecule has 216 valence electrons. The minimum absolute atomic E-state index is 0.250. The van der Waals surface area contributed by atoms with E-state index in [1.807, 2.05) is 0 Å². The first kappa shape index (κ1) is 27.8. The molecule has 4 aliphatic rings. The topological polar surface area (TPSA) is 0 Å². The Morgan fingerprint density at radius 1 is 0.581 bits per heavy atom. The Hall–Kier alpha value is -2.77. The fraction of sp³-hybridized carbons (Fsp3) is 0.333. The van der Waals surface area contributed by atoms with Gasteiger partial charge in [0, 0.05) is 0 Å². The number of hydrogen-bond acceptors (Lipinski definition) is 0. The third kappa shape index (κ3) is 3.96. The van der Waals surface area contributed by atoms with Crippen LogP contribution in [0.25, 0.3) is 34.4 Å². The Balaban J connectivity index is 1.28. The molecule has 1 saturated carbocycles. The minimum atomic E-state index is -3.02. The number of benzene rings is 4. The maximum absolute atomic E-state index is 3.02. The summed E-state index contributed by atoms with van der Waals surface area (Å²) in [6, 6.07) is 33.3. The van der Waals surface area contributed by atoms with Crippen molar-refractivity contribution in [2.75, 3.05) is 0 Å². The monoisotopic (exact) mass is 728 g/mol. The average Bonchev–Trinajstić information content (AvgIpc) is 3.57. The molecule has 4 aromatic carbocycles. The predicted octanol–water partition coefficient (Wildman–Crippen LogP) is 12.3. The molecule has 2 unspecified atom stereocenters. The molecular weight excluding hydrogens is 683 g/mol. The average molecular weight is 727 g/mol. The number of fused-ring (bicyclic) bond motifs is 8. The molecule has 0 amide bonds. The summed E-state index contributed by atoms with van der Waals surface area (Å²) in [4.78, 5) is 0. The Morgan fingerprint density at radius 2 is 1.00 bits per heavy atom. The first-order chi connectivity index (χ1) is 20.7. The van der Waals surface area contributed by atoms with Gasteiger partial charge in [0.05, 0.1) is 0 Å². The molecule has 1 heteroatoms. The second-order valence-corrected chi connectivity index (χ2v) is 32.2. The standard InChI is InChI=1S/C40H38.2CH3.Hf/c1-26(2)28-12-16-30(17-13-28)36-10-5-8-32-22-34(24-38(32)36)40(20-7-21-40)35-23-33-9-6-11-37(39(33)25-35)31-18-14-29(15-19-31)27(3)4;;;/h5-6,8-19,22-27H,7,20-21H2,1-4H3;2*1H3;. The molecule has 1 spiro atoms. The summed E-state index contributed by atoms with van der Waals surface area (Å²) < 4.78 is 6.90. The van der Waals surface area contributed by atoms with Gasteiger partial charge in [-0.15, -0.1) is 0 Å². The zero-order chi connectivity index (χ0) is 29.7. The summed E-state index contributed by atoms with van der Waals surface area (Å²) in [6.45, 7) is 9.14. The van der Waals surface area contributed by atoms with Gasteiger partial charge < -0.3 is 0 Å². The second kappa shape index (κ2) is 9.87. The van der Waals surface area contributed by atoms with Gasteiger partial charge >= 0.3 is 265 Å². The molecule has 1 saturated heterocycles. The molecule has 1 aliphatic heterocycles. The van der Waals surface area contributed by atoms with Crippen LogP contribution >= 0.6 is 0 Å². The first-order valence-electron chi connectivity index (χ1n) is 16.6. The van der Waals surface area contributed by atoms with Crippen molar-refractivity contribution < 1.29 is 20.0 Å². The quantitative estimate of drug-likeness (QED) is 0.184. The summed E-state index contributed by atoms with van der Waals surface area (Å²) in [5.41, 5.74) is 18.6. The third-order valence-corrected chi connectivity index (χ3v) is 26.9. The SMILES string of the molecule is CC(C)c1ccc(-c2cccc3c2C=C2[CH]3[Hf]([CH3])([CH3])[CH]3C(=Cc4c(-c5ccc(C(C)C)cc5)cccc43)C23CCC3)cc1. The van der Waals surface area contributed by atoms with Crippen molar-refractivity contribution in [2.45, 2.75) is 75.5 Å². The van der Waals surface area contributed by atoms with Gasteiger partial charge in [-0.25, -0.2) is 0 Å². The van der Waals surface area contributed by atoms with Crippen LogP contribution in [-0.2, 0) is 20.0 Å². The molecule has 43 heavy (non-hydrogen) atoms. The van der Waals surface area contributed by atoms with E-state index in [1.165, 1.54) is 63.8 Å². The van der Waals surface area contributed by atoms with E-state index in [9.17, 15) is 0 Å². The fourth-order valence-electron chi connectivity index (χ4n) is 9.28. The van der Waals surface area contributed by atoms with Crippen LogP contribution < -0.4 is 0 Å². The molecule has 0 N–H and O–H groups in total. The zero-order valence-corrected chi connectivity index (χ0v) is 30.3. The summed E-state index contributed by atoms with van der Waals surface area (Å²) in [5, 5.41) is 0. The van der Waals surface area contributed by atoms with Gasteiger partial charge in [-0.2, -0.15) is 0 Å². The van der Waals surface area contributed by atoms with Crippen LogP contribution in [0.1, 0.15) is 99.5 Å². The predicted molar refractivity (Wildman–Crippen MR) is 181 cm³/mol. The summed E-state index contributed by atoms with van der Waals surface area (Å²) in [5.74, 6) is 1.12. The summed E-state index contributed by atoms with van der Waals surface area (Å²) in [6.07, 6.45) is 9.41. The number of hydrogen-bond donors (Lipinski definition) is 0. The third-order valence-electron chi connectivity index (χ3n) is 11.7. The van der Waals surface area contributed by atoms with Gasteiger partial charge in [0.15, 0.2) is 0 Å². The van der Waals surface area contributed by atoms with Gasteiger partial charge in [0.25, 0.3) is 0 Å². The van der Waals surface area contributed by atoms with E-state index in [4.69, 9.17) is 0 Å². The second-order valence-electron chi connectivity index (χ2n) is 15.0. The van der Waals surface area contributed by atoms with Crippen LogP contribution in [0.3, 0.4) is 0 Å². The molecule has 8 rings (SSSR count). The Kier molecular flexibility index (Phi) is 6.37. The van der Waals surface area contributed by atoms with E-state index >= 15 is 0 Å². The summed E-state index contributed by atoms with van der Waals surface area (Å²) >= 11 is -3.02. The van der Waals surface area contributed by atoms with Gasteiger partial charge in [0.2, 0.25) is 0 Å². The Bertz CT molecular complexity index is 1680. The molecule has 1 heterocycles. The van der Waals surface area contributed by atoms with Crippen molar-refractivity contribution >= 4 is 12.2 Å². The van der Waals surface area contributed by atoms with E-state index in [2.05, 4.69) is 134 Å². The van der Waals surface area contributed by atoms with Crippen LogP contribution in [0, 0.1) is 5.41 Å². The molecule has 0 radical (unpaired) electrons.